The zero-order valence-corrected chi connectivity index (χ0v) is 13.0. The number of likely N-dealkylation sites (N-methyl/N-ethyl adjacent to an activating group) is 1. The lowest BCUT2D eigenvalue weighted by Crippen LogP contribution is -2.27. The van der Waals surface area contributed by atoms with E-state index in [1.807, 2.05) is 17.5 Å². The van der Waals surface area contributed by atoms with Crippen LogP contribution in [0.15, 0.2) is 23.6 Å². The molecule has 0 radical (unpaired) electrons. The van der Waals surface area contributed by atoms with E-state index in [-0.39, 0.29) is 5.82 Å². The molecule has 1 aromatic carbocycles. The summed E-state index contributed by atoms with van der Waals surface area (Å²) in [7, 11) is 0. The minimum atomic E-state index is -0.118. The van der Waals surface area contributed by atoms with Crippen molar-refractivity contribution in [3.8, 4) is 0 Å². The van der Waals surface area contributed by atoms with Crippen LogP contribution in [0.2, 0.25) is 0 Å². The van der Waals surface area contributed by atoms with Crippen molar-refractivity contribution in [3.63, 3.8) is 0 Å². The van der Waals surface area contributed by atoms with Gasteiger partial charge in [-0.25, -0.2) is 4.39 Å². The molecule has 1 aromatic heterocycles. The van der Waals surface area contributed by atoms with Crippen molar-refractivity contribution in [1.82, 2.24) is 4.90 Å². The second-order valence-corrected chi connectivity index (χ2v) is 5.74. The maximum Gasteiger partial charge on any atom is 0.127 e. The van der Waals surface area contributed by atoms with Gasteiger partial charge in [-0.1, -0.05) is 13.8 Å². The largest absolute Gasteiger partial charge is 0.380 e. The number of halogens is 1. The van der Waals surface area contributed by atoms with Gasteiger partial charge in [0.05, 0.1) is 13.2 Å². The highest BCUT2D eigenvalue weighted by Crippen LogP contribution is 2.24. The Bertz CT molecular complexity index is 536. The van der Waals surface area contributed by atoms with E-state index < -0.39 is 0 Å². The number of hydrogen-bond acceptors (Lipinski definition) is 3. The fourth-order valence-corrected chi connectivity index (χ4v) is 3.04. The van der Waals surface area contributed by atoms with Crippen LogP contribution in [0.1, 0.15) is 19.4 Å². The molecule has 0 N–H and O–H groups in total. The Balaban J connectivity index is 1.79. The Labute approximate surface area is 124 Å². The molecule has 0 fully saturated rings. The van der Waals surface area contributed by atoms with Crippen molar-refractivity contribution < 1.29 is 9.13 Å². The molecule has 20 heavy (non-hydrogen) atoms. The number of rotatable bonds is 8. The van der Waals surface area contributed by atoms with Crippen LogP contribution in [0.3, 0.4) is 0 Å². The van der Waals surface area contributed by atoms with Crippen molar-refractivity contribution in [1.29, 1.82) is 0 Å². The Morgan fingerprint density at radius 2 is 2.00 bits per heavy atom. The molecule has 110 valence electrons. The first-order valence-electron chi connectivity index (χ1n) is 7.20. The molecule has 0 atom stereocenters. The molecule has 0 aliphatic carbocycles. The molecule has 2 aromatic rings. The van der Waals surface area contributed by atoms with Gasteiger partial charge in [-0.3, -0.25) is 0 Å². The summed E-state index contributed by atoms with van der Waals surface area (Å²) in [4.78, 5) is 2.32. The summed E-state index contributed by atoms with van der Waals surface area (Å²) in [5, 5.41) is 3.11. The molecule has 0 unspecified atom stereocenters. The first-order chi connectivity index (χ1) is 9.74. The number of ether oxygens (including phenoxy) is 1. The first kappa shape index (κ1) is 15.4. The summed E-state index contributed by atoms with van der Waals surface area (Å²) in [6, 6.07) is 5.60. The lowest BCUT2D eigenvalue weighted by molar-refractivity contribution is 0.109. The Kier molecular flexibility index (Phi) is 5.95. The van der Waals surface area contributed by atoms with Gasteiger partial charge < -0.3 is 9.64 Å². The molecular weight excluding hydrogens is 273 g/mol. The van der Waals surface area contributed by atoms with Crippen LogP contribution in [0, 0.1) is 5.82 Å². The average Bonchev–Trinajstić information content (AvgIpc) is 2.90. The molecule has 2 nitrogen and oxygen atoms in total. The van der Waals surface area contributed by atoms with Crippen molar-refractivity contribution in [2.45, 2.75) is 20.3 Å². The Hall–Kier alpha value is -0.970. The van der Waals surface area contributed by atoms with Crippen LogP contribution >= 0.6 is 11.3 Å². The molecule has 1 heterocycles. The predicted octanol–water partition coefficient (Wildman–Crippen LogP) is 3.94. The van der Waals surface area contributed by atoms with Gasteiger partial charge in [0.2, 0.25) is 0 Å². The monoisotopic (exact) mass is 295 g/mol. The van der Waals surface area contributed by atoms with E-state index in [1.54, 1.807) is 17.4 Å². The highest BCUT2D eigenvalue weighted by molar-refractivity contribution is 7.17. The molecule has 0 bridgehead atoms. The van der Waals surface area contributed by atoms with Gasteiger partial charge in [0.1, 0.15) is 5.82 Å². The third-order valence-electron chi connectivity index (χ3n) is 3.58. The maximum atomic E-state index is 13.9. The maximum absolute atomic E-state index is 13.9. The molecule has 2 rings (SSSR count). The lowest BCUT2D eigenvalue weighted by Gasteiger charge is -2.17. The third-order valence-corrected chi connectivity index (χ3v) is 4.46. The number of nitrogens with zero attached hydrogens (tertiary/aromatic N) is 1. The van der Waals surface area contributed by atoms with Crippen LogP contribution in [-0.2, 0) is 11.2 Å². The second-order valence-electron chi connectivity index (χ2n) is 4.79. The van der Waals surface area contributed by atoms with Gasteiger partial charge in [-0.2, -0.15) is 0 Å². The van der Waals surface area contributed by atoms with Crippen molar-refractivity contribution in [2.24, 2.45) is 0 Å². The molecule has 0 saturated heterocycles. The SMILES string of the molecule is CCN(CC)CCOCCc1cc2ccsc2cc1F. The van der Waals surface area contributed by atoms with Crippen LogP contribution in [0.25, 0.3) is 10.1 Å². The van der Waals surface area contributed by atoms with E-state index in [1.165, 1.54) is 0 Å². The van der Waals surface area contributed by atoms with Crippen LogP contribution in [0.5, 0.6) is 0 Å². The normalized spacial score (nSPS) is 11.6. The second kappa shape index (κ2) is 7.72. The number of thiophene rings is 1. The van der Waals surface area contributed by atoms with Gasteiger partial charge in [-0.05, 0) is 54.0 Å². The summed E-state index contributed by atoms with van der Waals surface area (Å²) >= 11 is 1.57. The topological polar surface area (TPSA) is 12.5 Å². The third kappa shape index (κ3) is 4.01. The minimum absolute atomic E-state index is 0.118. The van der Waals surface area contributed by atoms with Gasteiger partial charge >= 0.3 is 0 Å². The summed E-state index contributed by atoms with van der Waals surface area (Å²) in [6.07, 6.45) is 0.635. The molecular formula is C16H22FNOS. The zero-order valence-electron chi connectivity index (χ0n) is 12.2. The fraction of sp³-hybridized carbons (Fsp3) is 0.500. The fourth-order valence-electron chi connectivity index (χ4n) is 2.24. The number of benzene rings is 1. The van der Waals surface area contributed by atoms with E-state index in [4.69, 9.17) is 4.74 Å². The molecule has 0 aliphatic rings. The van der Waals surface area contributed by atoms with E-state index >= 15 is 0 Å². The van der Waals surface area contributed by atoms with Crippen LogP contribution in [-0.4, -0.2) is 37.7 Å². The van der Waals surface area contributed by atoms with Crippen molar-refractivity contribution in [3.05, 3.63) is 35.0 Å². The quantitative estimate of drug-likeness (QED) is 0.684. The highest BCUT2D eigenvalue weighted by atomic mass is 32.1. The van der Waals surface area contributed by atoms with E-state index in [0.717, 1.165) is 35.3 Å². The van der Waals surface area contributed by atoms with E-state index in [2.05, 4.69) is 18.7 Å². The number of hydrogen-bond donors (Lipinski definition) is 0. The summed E-state index contributed by atoms with van der Waals surface area (Å²) in [5.41, 5.74) is 0.749. The minimum Gasteiger partial charge on any atom is -0.380 e. The summed E-state index contributed by atoms with van der Waals surface area (Å²) < 4.78 is 20.5. The Morgan fingerprint density at radius 3 is 2.75 bits per heavy atom. The standard InChI is InChI=1S/C16H22FNOS/c1-3-18(4-2)7-9-19-8-5-13-11-14-6-10-20-16(14)12-15(13)17/h6,10-12H,3-5,7-9H2,1-2H3. The molecule has 0 saturated carbocycles. The van der Waals surface area contributed by atoms with Gasteiger partial charge in [0, 0.05) is 11.2 Å². The number of fused-ring (bicyclic) bond motifs is 1. The predicted molar refractivity (Wildman–Crippen MR) is 84.1 cm³/mol. The van der Waals surface area contributed by atoms with Gasteiger partial charge in [-0.15, -0.1) is 11.3 Å². The van der Waals surface area contributed by atoms with Crippen molar-refractivity contribution in [2.75, 3.05) is 32.8 Å². The molecule has 0 aliphatic heterocycles. The van der Waals surface area contributed by atoms with Crippen LogP contribution in [0.4, 0.5) is 4.39 Å². The molecule has 4 heteroatoms. The smallest absolute Gasteiger partial charge is 0.127 e. The average molecular weight is 295 g/mol. The summed E-state index contributed by atoms with van der Waals surface area (Å²) in [6.45, 7) is 8.62. The summed E-state index contributed by atoms with van der Waals surface area (Å²) in [5.74, 6) is -0.118. The first-order valence-corrected chi connectivity index (χ1v) is 8.08. The molecule has 0 spiro atoms. The molecule has 0 amide bonds. The van der Waals surface area contributed by atoms with Gasteiger partial charge in [0.25, 0.3) is 0 Å². The highest BCUT2D eigenvalue weighted by Gasteiger charge is 2.06. The van der Waals surface area contributed by atoms with Gasteiger partial charge in [0.15, 0.2) is 0 Å². The van der Waals surface area contributed by atoms with E-state index in [9.17, 15) is 4.39 Å². The van der Waals surface area contributed by atoms with Crippen molar-refractivity contribution >= 4 is 21.4 Å². The lowest BCUT2D eigenvalue weighted by atomic mass is 10.1. The zero-order chi connectivity index (χ0) is 14.4. The van der Waals surface area contributed by atoms with Crippen LogP contribution < -0.4 is 0 Å². The Morgan fingerprint density at radius 1 is 1.20 bits per heavy atom. The van der Waals surface area contributed by atoms with E-state index in [0.29, 0.717) is 19.6 Å².